The summed E-state index contributed by atoms with van der Waals surface area (Å²) >= 11 is 0. The van der Waals surface area contributed by atoms with Gasteiger partial charge in [0, 0.05) is 38.7 Å². The Balaban J connectivity index is 1.46. The van der Waals surface area contributed by atoms with Crippen LogP contribution in [0.15, 0.2) is 42.5 Å². The van der Waals surface area contributed by atoms with Gasteiger partial charge in [0.2, 0.25) is 0 Å². The highest BCUT2D eigenvalue weighted by molar-refractivity contribution is 5.82. The van der Waals surface area contributed by atoms with Crippen molar-refractivity contribution in [3.8, 4) is 5.75 Å². The van der Waals surface area contributed by atoms with Crippen molar-refractivity contribution in [2.75, 3.05) is 54.0 Å². The minimum absolute atomic E-state index is 0.0750. The van der Waals surface area contributed by atoms with Crippen LogP contribution in [0, 0.1) is 19.8 Å². The SMILES string of the molecule is COC(C(=O)NCC1CN(C(C)c2ccc(OCCCCN(C)C)c(C)c2C)C1)c1ccccc1. The maximum Gasteiger partial charge on any atom is 0.253 e. The van der Waals surface area contributed by atoms with Crippen LogP contribution in [-0.4, -0.2) is 69.7 Å². The summed E-state index contributed by atoms with van der Waals surface area (Å²) in [5.74, 6) is 1.38. The van der Waals surface area contributed by atoms with Gasteiger partial charge in [0.25, 0.3) is 5.91 Å². The second kappa shape index (κ2) is 13.1. The molecule has 3 rings (SSSR count). The number of rotatable bonds is 13. The summed E-state index contributed by atoms with van der Waals surface area (Å²) < 4.78 is 11.5. The van der Waals surface area contributed by atoms with Gasteiger partial charge < -0.3 is 19.7 Å². The molecule has 1 N–H and O–H groups in total. The quantitative estimate of drug-likeness (QED) is 0.426. The Kier molecular flexibility index (Phi) is 10.1. The van der Waals surface area contributed by atoms with Crippen molar-refractivity contribution in [1.29, 1.82) is 0 Å². The monoisotopic (exact) mass is 481 g/mol. The normalized spacial score (nSPS) is 16.1. The first kappa shape index (κ1) is 27.2. The Hall–Kier alpha value is -2.41. The lowest BCUT2D eigenvalue weighted by atomic mass is 9.91. The highest BCUT2D eigenvalue weighted by Gasteiger charge is 2.32. The summed E-state index contributed by atoms with van der Waals surface area (Å²) in [6.07, 6.45) is 1.65. The molecule has 2 aromatic rings. The van der Waals surface area contributed by atoms with Gasteiger partial charge in [-0.1, -0.05) is 36.4 Å². The highest BCUT2D eigenvalue weighted by atomic mass is 16.5. The van der Waals surface area contributed by atoms with E-state index in [2.05, 4.69) is 62.1 Å². The van der Waals surface area contributed by atoms with Crippen molar-refractivity contribution >= 4 is 5.91 Å². The maximum atomic E-state index is 12.6. The summed E-state index contributed by atoms with van der Waals surface area (Å²) in [7, 11) is 5.79. The Labute approximate surface area is 211 Å². The number of ether oxygens (including phenoxy) is 2. The topological polar surface area (TPSA) is 54.0 Å². The Bertz CT molecular complexity index is 942. The molecule has 0 radical (unpaired) electrons. The number of benzene rings is 2. The molecule has 1 aliphatic rings. The zero-order chi connectivity index (χ0) is 25.4. The average molecular weight is 482 g/mol. The molecule has 0 aromatic heterocycles. The molecule has 1 saturated heterocycles. The summed E-state index contributed by atoms with van der Waals surface area (Å²) in [6, 6.07) is 14.3. The summed E-state index contributed by atoms with van der Waals surface area (Å²) in [4.78, 5) is 17.3. The lowest BCUT2D eigenvalue weighted by molar-refractivity contribution is -0.132. The van der Waals surface area contributed by atoms with E-state index in [4.69, 9.17) is 9.47 Å². The Morgan fingerprint density at radius 3 is 2.46 bits per heavy atom. The number of hydrogen-bond acceptors (Lipinski definition) is 5. The van der Waals surface area contributed by atoms with E-state index in [1.54, 1.807) is 7.11 Å². The molecular formula is C29H43N3O3. The van der Waals surface area contributed by atoms with E-state index in [0.29, 0.717) is 18.5 Å². The highest BCUT2D eigenvalue weighted by Crippen LogP contribution is 2.34. The lowest BCUT2D eigenvalue weighted by Gasteiger charge is -2.44. The van der Waals surface area contributed by atoms with Crippen molar-refractivity contribution in [3.63, 3.8) is 0 Å². The minimum Gasteiger partial charge on any atom is -0.493 e. The van der Waals surface area contributed by atoms with Crippen LogP contribution >= 0.6 is 0 Å². The number of likely N-dealkylation sites (tertiary alicyclic amines) is 1. The van der Waals surface area contributed by atoms with Crippen molar-refractivity contribution in [2.45, 2.75) is 45.8 Å². The number of nitrogens with zero attached hydrogens (tertiary/aromatic N) is 2. The predicted molar refractivity (Wildman–Crippen MR) is 142 cm³/mol. The van der Waals surface area contributed by atoms with Gasteiger partial charge in [-0.2, -0.15) is 0 Å². The fourth-order valence-electron chi connectivity index (χ4n) is 4.75. The van der Waals surface area contributed by atoms with Crippen LogP contribution in [0.3, 0.4) is 0 Å². The Morgan fingerprint density at radius 2 is 1.80 bits per heavy atom. The molecule has 35 heavy (non-hydrogen) atoms. The van der Waals surface area contributed by atoms with Crippen LogP contribution in [0.5, 0.6) is 5.75 Å². The molecule has 6 heteroatoms. The molecule has 0 aliphatic carbocycles. The third-order valence-electron chi connectivity index (χ3n) is 7.16. The zero-order valence-corrected chi connectivity index (χ0v) is 22.3. The van der Waals surface area contributed by atoms with Crippen molar-refractivity contribution in [3.05, 3.63) is 64.7 Å². The molecule has 1 fully saturated rings. The third kappa shape index (κ3) is 7.29. The van der Waals surface area contributed by atoms with Crippen LogP contribution in [0.25, 0.3) is 0 Å². The van der Waals surface area contributed by atoms with Gasteiger partial charge in [-0.25, -0.2) is 0 Å². The van der Waals surface area contributed by atoms with E-state index in [9.17, 15) is 4.79 Å². The third-order valence-corrected chi connectivity index (χ3v) is 7.16. The van der Waals surface area contributed by atoms with Gasteiger partial charge in [0.1, 0.15) is 5.75 Å². The van der Waals surface area contributed by atoms with Gasteiger partial charge in [0.15, 0.2) is 6.10 Å². The fraction of sp³-hybridized carbons (Fsp3) is 0.552. The van der Waals surface area contributed by atoms with E-state index in [0.717, 1.165) is 50.4 Å². The van der Waals surface area contributed by atoms with Gasteiger partial charge in [0.05, 0.1) is 6.61 Å². The largest absolute Gasteiger partial charge is 0.493 e. The maximum absolute atomic E-state index is 12.6. The first-order chi connectivity index (χ1) is 16.8. The van der Waals surface area contributed by atoms with Gasteiger partial charge in [-0.3, -0.25) is 9.69 Å². The molecule has 0 bridgehead atoms. The van der Waals surface area contributed by atoms with E-state index < -0.39 is 6.10 Å². The standard InChI is InChI=1S/C29H43N3O3/c1-21-22(2)27(35-17-11-10-16-31(4)5)15-14-26(21)23(3)32-19-24(20-32)18-30-29(33)28(34-6)25-12-8-7-9-13-25/h7-9,12-15,23-24,28H,10-11,16-20H2,1-6H3,(H,30,33). The van der Waals surface area contributed by atoms with E-state index in [-0.39, 0.29) is 5.91 Å². The number of unbranched alkanes of at least 4 members (excludes halogenated alkanes) is 1. The van der Waals surface area contributed by atoms with Crippen molar-refractivity contribution in [1.82, 2.24) is 15.1 Å². The number of amides is 1. The first-order valence-electron chi connectivity index (χ1n) is 12.8. The van der Waals surface area contributed by atoms with Gasteiger partial charge >= 0.3 is 0 Å². The molecule has 2 unspecified atom stereocenters. The van der Waals surface area contributed by atoms with Crippen LogP contribution in [0.2, 0.25) is 0 Å². The van der Waals surface area contributed by atoms with Crippen LogP contribution in [-0.2, 0) is 9.53 Å². The summed E-state index contributed by atoms with van der Waals surface area (Å²) in [5.41, 5.74) is 4.78. The fourth-order valence-corrected chi connectivity index (χ4v) is 4.75. The van der Waals surface area contributed by atoms with Crippen LogP contribution in [0.1, 0.15) is 54.2 Å². The molecule has 0 spiro atoms. The van der Waals surface area contributed by atoms with Crippen LogP contribution in [0.4, 0.5) is 0 Å². The summed E-state index contributed by atoms with van der Waals surface area (Å²) in [5, 5.41) is 3.09. The number of carbonyl (C=O) groups is 1. The zero-order valence-electron chi connectivity index (χ0n) is 22.3. The van der Waals surface area contributed by atoms with E-state index in [1.807, 2.05) is 30.3 Å². The minimum atomic E-state index is -0.564. The van der Waals surface area contributed by atoms with E-state index >= 15 is 0 Å². The lowest BCUT2D eigenvalue weighted by Crippen LogP contribution is -2.52. The molecule has 1 amide bonds. The molecule has 1 heterocycles. The van der Waals surface area contributed by atoms with Gasteiger partial charge in [-0.05, 0) is 82.6 Å². The van der Waals surface area contributed by atoms with Crippen LogP contribution < -0.4 is 10.1 Å². The number of carbonyl (C=O) groups excluding carboxylic acids is 1. The number of nitrogens with one attached hydrogen (secondary N) is 1. The molecule has 1 aliphatic heterocycles. The van der Waals surface area contributed by atoms with Crippen molar-refractivity contribution in [2.24, 2.45) is 5.92 Å². The predicted octanol–water partition coefficient (Wildman–Crippen LogP) is 4.52. The second-order valence-electron chi connectivity index (χ2n) is 10.0. The number of methoxy groups -OCH3 is 1. The Morgan fingerprint density at radius 1 is 1.09 bits per heavy atom. The summed E-state index contributed by atoms with van der Waals surface area (Å²) in [6.45, 7) is 11.1. The molecule has 0 saturated carbocycles. The number of hydrogen-bond donors (Lipinski definition) is 1. The van der Waals surface area contributed by atoms with Gasteiger partial charge in [-0.15, -0.1) is 0 Å². The molecule has 6 nitrogen and oxygen atoms in total. The molecule has 2 atom stereocenters. The average Bonchev–Trinajstić information content (AvgIpc) is 2.81. The molecule has 192 valence electrons. The molecule has 2 aromatic carbocycles. The molecular weight excluding hydrogens is 438 g/mol. The second-order valence-corrected chi connectivity index (χ2v) is 10.0. The smallest absolute Gasteiger partial charge is 0.253 e. The van der Waals surface area contributed by atoms with Crippen molar-refractivity contribution < 1.29 is 14.3 Å². The first-order valence-corrected chi connectivity index (χ1v) is 12.8. The van der Waals surface area contributed by atoms with E-state index in [1.165, 1.54) is 16.7 Å².